The first-order chi connectivity index (χ1) is 7.52. The number of benzene rings is 1. The van der Waals surface area contributed by atoms with Crippen molar-refractivity contribution in [1.29, 1.82) is 0 Å². The number of aryl methyl sites for hydroxylation is 1. The van der Waals surface area contributed by atoms with Crippen LogP contribution in [-0.4, -0.2) is 9.55 Å². The van der Waals surface area contributed by atoms with Gasteiger partial charge >= 0.3 is 0 Å². The molecule has 0 atom stereocenters. The zero-order valence-corrected chi connectivity index (χ0v) is 9.72. The second-order valence-electron chi connectivity index (χ2n) is 3.55. The molecule has 16 heavy (non-hydrogen) atoms. The lowest BCUT2D eigenvalue weighted by atomic mass is 10.1. The summed E-state index contributed by atoms with van der Waals surface area (Å²) >= 11 is 5.71. The van der Waals surface area contributed by atoms with Gasteiger partial charge in [0.1, 0.15) is 17.3 Å². The van der Waals surface area contributed by atoms with Crippen LogP contribution in [-0.2, 0) is 7.05 Å². The average molecular weight is 240 g/mol. The molecule has 0 fully saturated rings. The van der Waals surface area contributed by atoms with Crippen molar-refractivity contribution < 1.29 is 4.39 Å². The van der Waals surface area contributed by atoms with Crippen molar-refractivity contribution >= 4 is 17.4 Å². The molecule has 1 aromatic heterocycles. The highest BCUT2D eigenvalue weighted by atomic mass is 35.5. The molecule has 1 heterocycles. The first kappa shape index (κ1) is 11.0. The van der Waals surface area contributed by atoms with E-state index in [1.165, 1.54) is 6.07 Å². The second kappa shape index (κ2) is 3.79. The maximum absolute atomic E-state index is 13.8. The molecule has 0 aliphatic heterocycles. The van der Waals surface area contributed by atoms with Crippen LogP contribution in [0.3, 0.4) is 0 Å². The molecule has 84 valence electrons. The van der Waals surface area contributed by atoms with Gasteiger partial charge in [-0.3, -0.25) is 0 Å². The van der Waals surface area contributed by atoms with E-state index in [4.69, 9.17) is 17.3 Å². The number of nitrogen functional groups attached to an aromatic ring is 1. The first-order valence-corrected chi connectivity index (χ1v) is 5.13. The Kier molecular flexibility index (Phi) is 2.59. The molecule has 0 amide bonds. The van der Waals surface area contributed by atoms with Crippen LogP contribution in [0.15, 0.2) is 18.2 Å². The summed E-state index contributed by atoms with van der Waals surface area (Å²) in [5, 5.41) is 0.0696. The predicted molar refractivity (Wildman–Crippen MR) is 62.8 cm³/mol. The van der Waals surface area contributed by atoms with Crippen LogP contribution in [0.2, 0.25) is 5.02 Å². The number of hydrogen-bond acceptors (Lipinski definition) is 2. The Balaban J connectivity index is 2.68. The van der Waals surface area contributed by atoms with Gasteiger partial charge < -0.3 is 10.3 Å². The molecule has 0 unspecified atom stereocenters. The van der Waals surface area contributed by atoms with E-state index < -0.39 is 5.82 Å². The number of anilines is 1. The van der Waals surface area contributed by atoms with Crippen LogP contribution >= 0.6 is 11.6 Å². The van der Waals surface area contributed by atoms with Crippen LogP contribution in [0, 0.1) is 12.7 Å². The van der Waals surface area contributed by atoms with Crippen molar-refractivity contribution in [1.82, 2.24) is 9.55 Å². The lowest BCUT2D eigenvalue weighted by molar-refractivity contribution is 0.631. The molecule has 0 aliphatic carbocycles. The van der Waals surface area contributed by atoms with Gasteiger partial charge in [-0.05, 0) is 19.1 Å². The molecule has 0 radical (unpaired) electrons. The molecular formula is C11H11ClFN3. The zero-order chi connectivity index (χ0) is 11.9. The molecule has 0 saturated heterocycles. The number of hydrogen-bond donors (Lipinski definition) is 1. The van der Waals surface area contributed by atoms with Crippen molar-refractivity contribution in [2.75, 3.05) is 5.73 Å². The third-order valence-corrected chi connectivity index (χ3v) is 2.86. The maximum atomic E-state index is 13.8. The maximum Gasteiger partial charge on any atom is 0.151 e. The fourth-order valence-corrected chi connectivity index (χ4v) is 1.69. The summed E-state index contributed by atoms with van der Waals surface area (Å²) in [5.74, 6) is 0.666. The molecule has 0 bridgehead atoms. The third-order valence-electron chi connectivity index (χ3n) is 2.57. The van der Waals surface area contributed by atoms with Crippen LogP contribution in [0.25, 0.3) is 11.3 Å². The summed E-state index contributed by atoms with van der Waals surface area (Å²) in [6.45, 7) is 1.81. The summed E-state index contributed by atoms with van der Waals surface area (Å²) < 4.78 is 15.5. The quantitative estimate of drug-likeness (QED) is 0.832. The first-order valence-electron chi connectivity index (χ1n) is 4.75. The van der Waals surface area contributed by atoms with Gasteiger partial charge in [-0.2, -0.15) is 0 Å². The fourth-order valence-electron chi connectivity index (χ4n) is 1.51. The monoisotopic (exact) mass is 239 g/mol. The molecule has 2 rings (SSSR count). The average Bonchev–Trinajstić information content (AvgIpc) is 2.50. The zero-order valence-electron chi connectivity index (χ0n) is 8.96. The SMILES string of the molecule is Cc1nc(-c2cccc(Cl)c2F)c(N)n1C. The van der Waals surface area contributed by atoms with Crippen LogP contribution in [0.1, 0.15) is 5.82 Å². The molecule has 2 N–H and O–H groups in total. The van der Waals surface area contributed by atoms with Crippen LogP contribution in [0.5, 0.6) is 0 Å². The lowest BCUT2D eigenvalue weighted by Crippen LogP contribution is -1.98. The Bertz CT molecular complexity index is 548. The van der Waals surface area contributed by atoms with Crippen molar-refractivity contribution in [3.8, 4) is 11.3 Å². The van der Waals surface area contributed by atoms with Gasteiger partial charge in [0, 0.05) is 12.6 Å². The van der Waals surface area contributed by atoms with Gasteiger partial charge in [-0.25, -0.2) is 9.37 Å². The molecule has 0 saturated carbocycles. The second-order valence-corrected chi connectivity index (χ2v) is 3.96. The van der Waals surface area contributed by atoms with E-state index in [-0.39, 0.29) is 5.02 Å². The van der Waals surface area contributed by atoms with Gasteiger partial charge in [-0.1, -0.05) is 17.7 Å². The summed E-state index contributed by atoms with van der Waals surface area (Å²) in [5.41, 5.74) is 6.60. The van der Waals surface area contributed by atoms with Gasteiger partial charge in [0.05, 0.1) is 5.02 Å². The van der Waals surface area contributed by atoms with Crippen LogP contribution in [0.4, 0.5) is 10.2 Å². The Hall–Kier alpha value is -1.55. The van der Waals surface area contributed by atoms with Crippen molar-refractivity contribution in [2.24, 2.45) is 7.05 Å². The lowest BCUT2D eigenvalue weighted by Gasteiger charge is -2.03. The van der Waals surface area contributed by atoms with Crippen LogP contribution < -0.4 is 5.73 Å². The molecule has 3 nitrogen and oxygen atoms in total. The summed E-state index contributed by atoms with van der Waals surface area (Å²) in [6.07, 6.45) is 0. The number of nitrogens with zero attached hydrogens (tertiary/aromatic N) is 2. The van der Waals surface area contributed by atoms with Gasteiger partial charge in [-0.15, -0.1) is 0 Å². The standard InChI is InChI=1S/C11H11ClFN3/c1-6-15-10(11(14)16(6)2)7-4-3-5-8(12)9(7)13/h3-5H,14H2,1-2H3. The van der Waals surface area contributed by atoms with Gasteiger partial charge in [0.25, 0.3) is 0 Å². The van der Waals surface area contributed by atoms with E-state index in [1.807, 2.05) is 6.92 Å². The number of aromatic nitrogens is 2. The topological polar surface area (TPSA) is 43.8 Å². The molecule has 0 aliphatic rings. The highest BCUT2D eigenvalue weighted by Crippen LogP contribution is 2.30. The highest BCUT2D eigenvalue weighted by Gasteiger charge is 2.16. The molecule has 2 aromatic rings. The minimum absolute atomic E-state index is 0.0696. The Morgan fingerprint density at radius 3 is 2.69 bits per heavy atom. The summed E-state index contributed by atoms with van der Waals surface area (Å²) in [7, 11) is 1.78. The fraction of sp³-hybridized carbons (Fsp3) is 0.182. The van der Waals surface area contributed by atoms with E-state index >= 15 is 0 Å². The van der Waals surface area contributed by atoms with Crippen molar-refractivity contribution in [3.63, 3.8) is 0 Å². The number of rotatable bonds is 1. The van der Waals surface area contributed by atoms with E-state index in [1.54, 1.807) is 23.7 Å². The Labute approximate surface area is 97.7 Å². The van der Waals surface area contributed by atoms with E-state index in [2.05, 4.69) is 4.98 Å². The molecule has 5 heteroatoms. The Morgan fingerprint density at radius 1 is 1.44 bits per heavy atom. The van der Waals surface area contributed by atoms with Crippen molar-refractivity contribution in [2.45, 2.75) is 6.92 Å². The number of halogens is 2. The molecule has 0 spiro atoms. The smallest absolute Gasteiger partial charge is 0.151 e. The highest BCUT2D eigenvalue weighted by molar-refractivity contribution is 6.31. The Morgan fingerprint density at radius 2 is 2.12 bits per heavy atom. The van der Waals surface area contributed by atoms with Gasteiger partial charge in [0.2, 0.25) is 0 Å². The minimum Gasteiger partial charge on any atom is -0.383 e. The number of nitrogens with two attached hydrogens (primary N) is 1. The van der Waals surface area contributed by atoms with E-state index in [0.717, 1.165) is 5.82 Å². The predicted octanol–water partition coefficient (Wildman–Crippen LogP) is 2.77. The van der Waals surface area contributed by atoms with E-state index in [0.29, 0.717) is 17.1 Å². The molecular weight excluding hydrogens is 229 g/mol. The van der Waals surface area contributed by atoms with Gasteiger partial charge in [0.15, 0.2) is 5.82 Å². The van der Waals surface area contributed by atoms with Crippen molar-refractivity contribution in [3.05, 3.63) is 34.9 Å². The summed E-state index contributed by atoms with van der Waals surface area (Å²) in [4.78, 5) is 4.22. The largest absolute Gasteiger partial charge is 0.383 e. The number of imidazole rings is 1. The third kappa shape index (κ3) is 1.55. The normalized spacial score (nSPS) is 10.8. The minimum atomic E-state index is -0.492. The van der Waals surface area contributed by atoms with E-state index in [9.17, 15) is 4.39 Å². The summed E-state index contributed by atoms with van der Waals surface area (Å²) in [6, 6.07) is 4.77. The molecule has 1 aromatic carbocycles.